The number of methoxy groups -OCH3 is 1. The standard InChI is InChI=1S/C22H16N2O4/c1-27-19-12-10-15(11-13-19)14-2-4-16(5-3-14)20-23-24-21(28-20)17-6-8-18(9-7-17)22(25)26/h2-13H,1H3,(H,25,26). The van der Waals surface area contributed by atoms with E-state index >= 15 is 0 Å². The number of carboxylic acid groups (broad SMARTS) is 1. The van der Waals surface area contributed by atoms with Gasteiger partial charge in [-0.25, -0.2) is 4.79 Å². The van der Waals surface area contributed by atoms with Crippen molar-refractivity contribution in [2.24, 2.45) is 0 Å². The van der Waals surface area contributed by atoms with Gasteiger partial charge < -0.3 is 14.3 Å². The number of hydrogen-bond donors (Lipinski definition) is 1. The molecule has 3 aromatic carbocycles. The third kappa shape index (κ3) is 3.48. The lowest BCUT2D eigenvalue weighted by molar-refractivity contribution is 0.0697. The summed E-state index contributed by atoms with van der Waals surface area (Å²) in [6.45, 7) is 0. The molecule has 0 spiro atoms. The number of nitrogens with zero attached hydrogens (tertiary/aromatic N) is 2. The predicted molar refractivity (Wildman–Crippen MR) is 104 cm³/mol. The van der Waals surface area contributed by atoms with Gasteiger partial charge in [-0.3, -0.25) is 0 Å². The number of ether oxygens (including phenoxy) is 1. The van der Waals surface area contributed by atoms with Crippen molar-refractivity contribution in [3.8, 4) is 39.8 Å². The number of aromatic carboxylic acids is 1. The van der Waals surface area contributed by atoms with Crippen LogP contribution in [0.3, 0.4) is 0 Å². The Bertz CT molecular complexity index is 1100. The number of carbonyl (C=O) groups is 1. The van der Waals surface area contributed by atoms with Crippen molar-refractivity contribution >= 4 is 5.97 Å². The first-order chi connectivity index (χ1) is 13.6. The SMILES string of the molecule is COc1ccc(-c2ccc(-c3nnc(-c4ccc(C(=O)O)cc4)o3)cc2)cc1. The molecule has 0 atom stereocenters. The maximum Gasteiger partial charge on any atom is 0.335 e. The molecule has 6 heteroatoms. The average molecular weight is 372 g/mol. The van der Waals surface area contributed by atoms with E-state index in [0.717, 1.165) is 22.4 Å². The molecule has 1 heterocycles. The normalized spacial score (nSPS) is 10.6. The van der Waals surface area contributed by atoms with Crippen molar-refractivity contribution in [3.63, 3.8) is 0 Å². The minimum absolute atomic E-state index is 0.206. The first-order valence-corrected chi connectivity index (χ1v) is 8.56. The van der Waals surface area contributed by atoms with Crippen LogP contribution in [0.1, 0.15) is 10.4 Å². The van der Waals surface area contributed by atoms with Crippen LogP contribution in [0.2, 0.25) is 0 Å². The zero-order chi connectivity index (χ0) is 19.5. The second-order valence-electron chi connectivity index (χ2n) is 6.10. The van der Waals surface area contributed by atoms with E-state index in [1.807, 2.05) is 48.5 Å². The lowest BCUT2D eigenvalue weighted by Gasteiger charge is -2.04. The monoisotopic (exact) mass is 372 g/mol. The lowest BCUT2D eigenvalue weighted by Crippen LogP contribution is -1.94. The Kier molecular flexibility index (Phi) is 4.60. The Morgan fingerprint density at radius 2 is 1.18 bits per heavy atom. The maximum atomic E-state index is 10.9. The molecule has 0 amide bonds. The molecule has 1 aromatic heterocycles. The average Bonchev–Trinajstić information content (AvgIpc) is 3.24. The summed E-state index contributed by atoms with van der Waals surface area (Å²) in [5.41, 5.74) is 3.82. The summed E-state index contributed by atoms with van der Waals surface area (Å²) in [6, 6.07) is 22.0. The van der Waals surface area contributed by atoms with Crippen molar-refractivity contribution in [2.45, 2.75) is 0 Å². The highest BCUT2D eigenvalue weighted by Gasteiger charge is 2.12. The van der Waals surface area contributed by atoms with Crippen LogP contribution in [-0.2, 0) is 0 Å². The fourth-order valence-electron chi connectivity index (χ4n) is 2.80. The topological polar surface area (TPSA) is 85.5 Å². The van der Waals surface area contributed by atoms with Crippen molar-refractivity contribution in [1.82, 2.24) is 10.2 Å². The van der Waals surface area contributed by atoms with E-state index in [2.05, 4.69) is 10.2 Å². The largest absolute Gasteiger partial charge is 0.497 e. The molecule has 0 fully saturated rings. The van der Waals surface area contributed by atoms with E-state index in [1.54, 1.807) is 19.2 Å². The van der Waals surface area contributed by atoms with Crippen molar-refractivity contribution < 1.29 is 19.1 Å². The molecule has 0 unspecified atom stereocenters. The van der Waals surface area contributed by atoms with Gasteiger partial charge in [-0.05, 0) is 59.7 Å². The van der Waals surface area contributed by atoms with Gasteiger partial charge in [-0.15, -0.1) is 10.2 Å². The molecule has 0 aliphatic carbocycles. The Labute approximate surface area is 161 Å². The van der Waals surface area contributed by atoms with E-state index in [-0.39, 0.29) is 5.56 Å². The smallest absolute Gasteiger partial charge is 0.335 e. The third-order valence-corrected chi connectivity index (χ3v) is 4.36. The molecule has 0 saturated heterocycles. The summed E-state index contributed by atoms with van der Waals surface area (Å²) >= 11 is 0. The molecule has 0 aliphatic rings. The van der Waals surface area contributed by atoms with Gasteiger partial charge >= 0.3 is 5.97 Å². The maximum absolute atomic E-state index is 10.9. The zero-order valence-electron chi connectivity index (χ0n) is 15.0. The summed E-state index contributed by atoms with van der Waals surface area (Å²) < 4.78 is 10.9. The van der Waals surface area contributed by atoms with Crippen LogP contribution in [0, 0.1) is 0 Å². The number of benzene rings is 3. The van der Waals surface area contributed by atoms with E-state index in [9.17, 15) is 4.79 Å². The number of hydrogen-bond acceptors (Lipinski definition) is 5. The number of carboxylic acids is 1. The van der Waals surface area contributed by atoms with Gasteiger partial charge in [0.2, 0.25) is 11.8 Å². The van der Waals surface area contributed by atoms with Crippen LogP contribution in [-0.4, -0.2) is 28.4 Å². The van der Waals surface area contributed by atoms with Crippen LogP contribution < -0.4 is 4.74 Å². The molecular weight excluding hydrogens is 356 g/mol. The van der Waals surface area contributed by atoms with E-state index < -0.39 is 5.97 Å². The summed E-state index contributed by atoms with van der Waals surface area (Å²) in [5.74, 6) is 0.578. The Morgan fingerprint density at radius 3 is 1.64 bits per heavy atom. The lowest BCUT2D eigenvalue weighted by atomic mass is 10.0. The first-order valence-electron chi connectivity index (χ1n) is 8.56. The van der Waals surface area contributed by atoms with Crippen LogP contribution in [0.25, 0.3) is 34.0 Å². The Hall–Kier alpha value is -3.93. The van der Waals surface area contributed by atoms with Crippen LogP contribution in [0.15, 0.2) is 77.2 Å². The highest BCUT2D eigenvalue weighted by atomic mass is 16.5. The first kappa shape index (κ1) is 17.5. The van der Waals surface area contributed by atoms with Gasteiger partial charge in [0.15, 0.2) is 0 Å². The van der Waals surface area contributed by atoms with Gasteiger partial charge in [0.05, 0.1) is 12.7 Å². The molecule has 6 nitrogen and oxygen atoms in total. The minimum Gasteiger partial charge on any atom is -0.497 e. The van der Waals surface area contributed by atoms with Gasteiger partial charge in [-0.1, -0.05) is 24.3 Å². The predicted octanol–water partition coefficient (Wildman–Crippen LogP) is 4.78. The summed E-state index contributed by atoms with van der Waals surface area (Å²) in [6.07, 6.45) is 0. The molecule has 4 rings (SSSR count). The molecule has 138 valence electrons. The quantitative estimate of drug-likeness (QED) is 0.543. The van der Waals surface area contributed by atoms with Crippen molar-refractivity contribution in [1.29, 1.82) is 0 Å². The molecule has 4 aromatic rings. The van der Waals surface area contributed by atoms with Crippen LogP contribution in [0.5, 0.6) is 5.75 Å². The van der Waals surface area contributed by atoms with Crippen molar-refractivity contribution in [2.75, 3.05) is 7.11 Å². The van der Waals surface area contributed by atoms with E-state index in [0.29, 0.717) is 17.3 Å². The molecule has 0 bridgehead atoms. The summed E-state index contributed by atoms with van der Waals surface area (Å²) in [5, 5.41) is 17.1. The van der Waals surface area contributed by atoms with Gasteiger partial charge in [0.1, 0.15) is 5.75 Å². The molecular formula is C22H16N2O4. The van der Waals surface area contributed by atoms with Crippen LogP contribution >= 0.6 is 0 Å². The second kappa shape index (κ2) is 7.36. The molecule has 0 saturated carbocycles. The Morgan fingerprint density at radius 1 is 0.750 bits per heavy atom. The highest BCUT2D eigenvalue weighted by molar-refractivity contribution is 5.88. The van der Waals surface area contributed by atoms with Crippen LogP contribution in [0.4, 0.5) is 0 Å². The fraction of sp³-hybridized carbons (Fsp3) is 0.0455. The number of aromatic nitrogens is 2. The molecule has 0 aliphatic heterocycles. The van der Waals surface area contributed by atoms with Crippen molar-refractivity contribution in [3.05, 3.63) is 78.4 Å². The summed E-state index contributed by atoms with van der Waals surface area (Å²) in [7, 11) is 1.64. The fourth-order valence-corrected chi connectivity index (χ4v) is 2.80. The Balaban J connectivity index is 1.55. The molecule has 1 N–H and O–H groups in total. The van der Waals surface area contributed by atoms with Gasteiger partial charge in [-0.2, -0.15) is 0 Å². The molecule has 28 heavy (non-hydrogen) atoms. The second-order valence-corrected chi connectivity index (χ2v) is 6.10. The van der Waals surface area contributed by atoms with E-state index in [4.69, 9.17) is 14.3 Å². The van der Waals surface area contributed by atoms with Gasteiger partial charge in [0.25, 0.3) is 0 Å². The highest BCUT2D eigenvalue weighted by Crippen LogP contribution is 2.27. The summed E-state index contributed by atoms with van der Waals surface area (Å²) in [4.78, 5) is 10.9. The van der Waals surface area contributed by atoms with E-state index in [1.165, 1.54) is 12.1 Å². The minimum atomic E-state index is -0.977. The zero-order valence-corrected chi connectivity index (χ0v) is 15.0. The third-order valence-electron chi connectivity index (χ3n) is 4.36. The molecule has 0 radical (unpaired) electrons. The van der Waals surface area contributed by atoms with Gasteiger partial charge in [0, 0.05) is 11.1 Å². The number of rotatable bonds is 5.